The Balaban J connectivity index is 1.07. The average molecular weight is 740 g/mol. The summed E-state index contributed by atoms with van der Waals surface area (Å²) >= 11 is 0. The molecule has 1 aliphatic rings. The monoisotopic (exact) mass is 739 g/mol. The number of hydrogen-bond donors (Lipinski definition) is 0. The highest BCUT2D eigenvalue weighted by Gasteiger charge is 2.36. The van der Waals surface area contributed by atoms with Gasteiger partial charge in [-0.05, 0) is 119 Å². The van der Waals surface area contributed by atoms with Crippen LogP contribution in [-0.4, -0.2) is 0 Å². The largest absolute Gasteiger partial charge is 0.310 e. The molecule has 0 fully saturated rings. The van der Waals surface area contributed by atoms with Crippen molar-refractivity contribution in [3.8, 4) is 44.5 Å². The molecule has 0 bridgehead atoms. The van der Waals surface area contributed by atoms with Crippen LogP contribution in [0.4, 0.5) is 17.1 Å². The van der Waals surface area contributed by atoms with Crippen LogP contribution < -0.4 is 4.90 Å². The lowest BCUT2D eigenvalue weighted by atomic mass is 9.82. The smallest absolute Gasteiger partial charge is 0.0540 e. The van der Waals surface area contributed by atoms with Crippen LogP contribution in [0.3, 0.4) is 0 Å². The first-order valence-corrected chi connectivity index (χ1v) is 20.3. The summed E-state index contributed by atoms with van der Waals surface area (Å²) in [5.74, 6) is 0. The molecule has 11 rings (SSSR count). The van der Waals surface area contributed by atoms with Gasteiger partial charge in [-0.3, -0.25) is 0 Å². The molecule has 0 radical (unpaired) electrons. The molecular formula is C57H41N. The van der Waals surface area contributed by atoms with E-state index in [0.29, 0.717) is 0 Å². The van der Waals surface area contributed by atoms with Gasteiger partial charge in [0, 0.05) is 22.2 Å². The maximum absolute atomic E-state index is 2.43. The predicted octanol–water partition coefficient (Wildman–Crippen LogP) is 15.9. The van der Waals surface area contributed by atoms with Crippen LogP contribution in [0.5, 0.6) is 0 Å². The second kappa shape index (κ2) is 13.5. The maximum atomic E-state index is 2.43. The average Bonchev–Trinajstić information content (AvgIpc) is 3.52. The van der Waals surface area contributed by atoms with Crippen LogP contribution in [0.15, 0.2) is 212 Å². The topological polar surface area (TPSA) is 3.24 Å². The van der Waals surface area contributed by atoms with E-state index in [2.05, 4.69) is 231 Å². The summed E-state index contributed by atoms with van der Waals surface area (Å²) in [7, 11) is 0. The summed E-state index contributed by atoms with van der Waals surface area (Å²) in [5.41, 5.74) is 16.2. The summed E-state index contributed by atoms with van der Waals surface area (Å²) in [6.45, 7) is 4.72. The van der Waals surface area contributed by atoms with Gasteiger partial charge in [-0.1, -0.05) is 190 Å². The minimum absolute atomic E-state index is 0.0638. The van der Waals surface area contributed by atoms with Crippen LogP contribution in [-0.2, 0) is 5.41 Å². The van der Waals surface area contributed by atoms with E-state index in [1.54, 1.807) is 0 Å². The minimum Gasteiger partial charge on any atom is -0.310 e. The molecule has 0 N–H and O–H groups in total. The number of benzene rings is 10. The van der Waals surface area contributed by atoms with Gasteiger partial charge >= 0.3 is 0 Å². The lowest BCUT2D eigenvalue weighted by molar-refractivity contribution is 0.660. The van der Waals surface area contributed by atoms with Gasteiger partial charge in [0.25, 0.3) is 0 Å². The first-order chi connectivity index (χ1) is 28.5. The van der Waals surface area contributed by atoms with Crippen LogP contribution in [0, 0.1) is 0 Å². The first kappa shape index (κ1) is 34.1. The summed E-state index contributed by atoms with van der Waals surface area (Å²) < 4.78 is 0. The Morgan fingerprint density at radius 1 is 0.328 bits per heavy atom. The normalized spacial score (nSPS) is 12.8. The van der Waals surface area contributed by atoms with Crippen LogP contribution in [0.1, 0.15) is 25.0 Å². The van der Waals surface area contributed by atoms with Crippen molar-refractivity contribution in [2.75, 3.05) is 4.90 Å². The molecule has 0 unspecified atom stereocenters. The van der Waals surface area contributed by atoms with Gasteiger partial charge in [-0.25, -0.2) is 0 Å². The molecule has 0 saturated heterocycles. The second-order valence-corrected chi connectivity index (χ2v) is 16.1. The van der Waals surface area contributed by atoms with Gasteiger partial charge in [0.2, 0.25) is 0 Å². The summed E-state index contributed by atoms with van der Waals surface area (Å²) in [6, 6.07) is 78.2. The predicted molar refractivity (Wildman–Crippen MR) is 248 cm³/mol. The third kappa shape index (κ3) is 5.46. The standard InChI is InChI=1S/C57H41N/c1-57(2)53-23-10-9-20-52(53)56-51(22-12-24-54(56)57)49-35-36-55(50-19-8-7-18-48(49)50)58(44-31-27-39(28-32-44)43-26-25-38-13-3-4-15-42(38)37-43)45-33-29-41(30-34-45)47-21-11-16-40-14-5-6-17-46(40)47/h3-37H,1-2H3. The minimum atomic E-state index is -0.0638. The maximum Gasteiger partial charge on any atom is 0.0540 e. The van der Waals surface area contributed by atoms with Gasteiger partial charge < -0.3 is 4.90 Å². The van der Waals surface area contributed by atoms with Gasteiger partial charge in [-0.2, -0.15) is 0 Å². The van der Waals surface area contributed by atoms with Crippen molar-refractivity contribution in [1.82, 2.24) is 0 Å². The Kier molecular flexibility index (Phi) is 7.91. The molecule has 0 heterocycles. The Labute approximate surface area is 340 Å². The Morgan fingerprint density at radius 2 is 0.879 bits per heavy atom. The zero-order valence-electron chi connectivity index (χ0n) is 32.7. The van der Waals surface area contributed by atoms with E-state index >= 15 is 0 Å². The third-order valence-corrected chi connectivity index (χ3v) is 12.5. The molecule has 0 saturated carbocycles. The second-order valence-electron chi connectivity index (χ2n) is 16.1. The van der Waals surface area contributed by atoms with Gasteiger partial charge in [0.1, 0.15) is 0 Å². The molecule has 0 aromatic heterocycles. The van der Waals surface area contributed by atoms with Crippen molar-refractivity contribution >= 4 is 49.4 Å². The molecular weight excluding hydrogens is 699 g/mol. The molecule has 0 aliphatic heterocycles. The van der Waals surface area contributed by atoms with E-state index in [-0.39, 0.29) is 5.41 Å². The van der Waals surface area contributed by atoms with Crippen molar-refractivity contribution in [2.45, 2.75) is 19.3 Å². The number of rotatable bonds is 6. The van der Waals surface area contributed by atoms with Crippen LogP contribution in [0.2, 0.25) is 0 Å². The van der Waals surface area contributed by atoms with Gasteiger partial charge in [-0.15, -0.1) is 0 Å². The van der Waals surface area contributed by atoms with E-state index in [1.165, 1.54) is 88.0 Å². The van der Waals surface area contributed by atoms with E-state index in [4.69, 9.17) is 0 Å². The fourth-order valence-corrected chi connectivity index (χ4v) is 9.56. The lowest BCUT2D eigenvalue weighted by Gasteiger charge is -2.28. The zero-order chi connectivity index (χ0) is 38.8. The molecule has 0 spiro atoms. The van der Waals surface area contributed by atoms with E-state index < -0.39 is 0 Å². The molecule has 10 aromatic carbocycles. The van der Waals surface area contributed by atoms with E-state index in [1.807, 2.05) is 0 Å². The fourth-order valence-electron chi connectivity index (χ4n) is 9.56. The number of hydrogen-bond acceptors (Lipinski definition) is 1. The number of nitrogens with zero attached hydrogens (tertiary/aromatic N) is 1. The Morgan fingerprint density at radius 3 is 1.67 bits per heavy atom. The van der Waals surface area contributed by atoms with Crippen LogP contribution in [0.25, 0.3) is 76.8 Å². The van der Waals surface area contributed by atoms with Crippen molar-refractivity contribution in [1.29, 1.82) is 0 Å². The number of anilines is 3. The van der Waals surface area contributed by atoms with E-state index in [9.17, 15) is 0 Å². The van der Waals surface area contributed by atoms with Crippen molar-refractivity contribution in [3.05, 3.63) is 223 Å². The van der Waals surface area contributed by atoms with Crippen molar-refractivity contribution in [2.24, 2.45) is 0 Å². The molecule has 0 amide bonds. The van der Waals surface area contributed by atoms with E-state index in [0.717, 1.165) is 17.1 Å². The number of fused-ring (bicyclic) bond motifs is 6. The highest BCUT2D eigenvalue weighted by atomic mass is 15.1. The summed E-state index contributed by atoms with van der Waals surface area (Å²) in [6.07, 6.45) is 0. The zero-order valence-corrected chi connectivity index (χ0v) is 32.7. The van der Waals surface area contributed by atoms with Crippen LogP contribution >= 0.6 is 0 Å². The Hall–Kier alpha value is -7.22. The molecule has 274 valence electrons. The van der Waals surface area contributed by atoms with Gasteiger partial charge in [0.15, 0.2) is 0 Å². The SMILES string of the molecule is CC1(C)c2ccccc2-c2c(-c3ccc(N(c4ccc(-c5ccc6ccccc6c5)cc4)c4ccc(-c5cccc6ccccc56)cc4)c4ccccc34)cccc21. The molecule has 10 aromatic rings. The first-order valence-electron chi connectivity index (χ1n) is 20.3. The molecule has 1 heteroatoms. The summed E-state index contributed by atoms with van der Waals surface area (Å²) in [5, 5.41) is 7.46. The highest BCUT2D eigenvalue weighted by Crippen LogP contribution is 2.53. The fraction of sp³-hybridized carbons (Fsp3) is 0.0526. The quantitative estimate of drug-likeness (QED) is 0.164. The molecule has 1 aliphatic carbocycles. The molecule has 1 nitrogen and oxygen atoms in total. The highest BCUT2D eigenvalue weighted by molar-refractivity contribution is 6.09. The van der Waals surface area contributed by atoms with Crippen molar-refractivity contribution < 1.29 is 0 Å². The lowest BCUT2D eigenvalue weighted by Crippen LogP contribution is -2.14. The third-order valence-electron chi connectivity index (χ3n) is 12.5. The van der Waals surface area contributed by atoms with Crippen molar-refractivity contribution in [3.63, 3.8) is 0 Å². The summed E-state index contributed by atoms with van der Waals surface area (Å²) in [4.78, 5) is 2.43. The Bertz CT molecular complexity index is 3180. The molecule has 58 heavy (non-hydrogen) atoms. The van der Waals surface area contributed by atoms with Gasteiger partial charge in [0.05, 0.1) is 5.69 Å². The molecule has 0 atom stereocenters.